The largest absolute Gasteiger partial charge is 0.479 e. The third-order valence-electron chi connectivity index (χ3n) is 6.14. The molecular weight excluding hydrogens is 425 g/mol. The Labute approximate surface area is 191 Å². The number of amides is 1. The molecule has 3 N–H and O–H groups in total. The van der Waals surface area contributed by atoms with E-state index in [9.17, 15) is 4.79 Å². The Morgan fingerprint density at radius 1 is 1.27 bits per heavy atom. The van der Waals surface area contributed by atoms with Crippen LogP contribution in [0.15, 0.2) is 0 Å². The molecule has 0 spiro atoms. The summed E-state index contributed by atoms with van der Waals surface area (Å²) in [4.78, 5) is 17.3. The van der Waals surface area contributed by atoms with Crippen LogP contribution in [0.2, 0.25) is 0 Å². The van der Waals surface area contributed by atoms with Gasteiger partial charge in [0.05, 0.1) is 12.5 Å². The molecule has 170 valence electrons. The molecule has 0 radical (unpaired) electrons. The first kappa shape index (κ1) is 26.5. The first-order chi connectivity index (χ1) is 13.5. The van der Waals surface area contributed by atoms with Crippen molar-refractivity contribution < 1.29 is 9.53 Å². The summed E-state index contributed by atoms with van der Waals surface area (Å²) in [5, 5.41) is 8.50. The summed E-state index contributed by atoms with van der Waals surface area (Å²) < 4.78 is 7.16. The standard InChI is InChI=1S/C21H33N5O2.2ClH/c1-13-16(14(2)23-20-19(13)21(28-4)25-26(20)3)10-11-18(27)24-17(12-22)15-8-6-5-7-9-15;;/h15,17H,5-12,22H2,1-4H3,(H,24,27);2*1H. The molecule has 2 heterocycles. The number of carbonyl (C=O) groups is 1. The number of carbonyl (C=O) groups excluding carboxylic acids is 1. The molecular formula is C21H35Cl2N5O2. The highest BCUT2D eigenvalue weighted by Gasteiger charge is 2.24. The monoisotopic (exact) mass is 459 g/mol. The summed E-state index contributed by atoms with van der Waals surface area (Å²) in [5.74, 6) is 1.16. The minimum absolute atomic E-state index is 0. The molecule has 1 aliphatic carbocycles. The number of nitrogens with two attached hydrogens (primary N) is 1. The maximum Gasteiger partial charge on any atom is 0.242 e. The molecule has 0 aliphatic heterocycles. The summed E-state index contributed by atoms with van der Waals surface area (Å²) in [6.45, 7) is 4.55. The number of aromatic nitrogens is 3. The van der Waals surface area contributed by atoms with E-state index in [1.54, 1.807) is 11.8 Å². The van der Waals surface area contributed by atoms with Crippen LogP contribution in [0.25, 0.3) is 11.0 Å². The van der Waals surface area contributed by atoms with E-state index in [2.05, 4.69) is 17.3 Å². The second-order valence-corrected chi connectivity index (χ2v) is 7.94. The van der Waals surface area contributed by atoms with Gasteiger partial charge in [-0.05, 0) is 50.2 Å². The van der Waals surface area contributed by atoms with Gasteiger partial charge in [0.1, 0.15) is 0 Å². The minimum atomic E-state index is 0. The van der Waals surface area contributed by atoms with Crippen molar-refractivity contribution in [1.82, 2.24) is 20.1 Å². The zero-order chi connectivity index (χ0) is 20.3. The van der Waals surface area contributed by atoms with Crippen LogP contribution in [-0.2, 0) is 18.3 Å². The number of ether oxygens (including phenoxy) is 1. The number of hydrogen-bond acceptors (Lipinski definition) is 5. The first-order valence-electron chi connectivity index (χ1n) is 10.3. The Morgan fingerprint density at radius 2 is 1.93 bits per heavy atom. The number of rotatable bonds is 7. The topological polar surface area (TPSA) is 95.1 Å². The molecule has 0 bridgehead atoms. The molecule has 30 heavy (non-hydrogen) atoms. The molecule has 1 atom stereocenters. The lowest BCUT2D eigenvalue weighted by Gasteiger charge is -2.30. The van der Waals surface area contributed by atoms with Crippen LogP contribution in [0.1, 0.15) is 55.3 Å². The SMILES string of the molecule is COc1nn(C)c2nc(C)c(CCC(=O)NC(CN)C3CCCCC3)c(C)c12.Cl.Cl. The average Bonchev–Trinajstić information content (AvgIpc) is 3.02. The molecule has 1 aliphatic rings. The van der Waals surface area contributed by atoms with E-state index in [1.165, 1.54) is 32.1 Å². The van der Waals surface area contributed by atoms with E-state index in [-0.39, 0.29) is 36.8 Å². The van der Waals surface area contributed by atoms with E-state index in [0.717, 1.165) is 27.9 Å². The first-order valence-corrected chi connectivity index (χ1v) is 10.3. The predicted molar refractivity (Wildman–Crippen MR) is 125 cm³/mol. The fraction of sp³-hybridized carbons (Fsp3) is 0.667. The van der Waals surface area contributed by atoms with Crippen LogP contribution in [0.3, 0.4) is 0 Å². The number of fused-ring (bicyclic) bond motifs is 1. The minimum Gasteiger partial charge on any atom is -0.479 e. The summed E-state index contributed by atoms with van der Waals surface area (Å²) in [6, 6.07) is 0.0917. The zero-order valence-electron chi connectivity index (χ0n) is 18.4. The number of pyridine rings is 1. The molecule has 1 saturated carbocycles. The normalized spacial score (nSPS) is 15.2. The second kappa shape index (κ2) is 11.7. The number of nitrogens with zero attached hydrogens (tertiary/aromatic N) is 3. The van der Waals surface area contributed by atoms with Gasteiger partial charge in [-0.3, -0.25) is 4.79 Å². The highest BCUT2D eigenvalue weighted by atomic mass is 35.5. The lowest BCUT2D eigenvalue weighted by Crippen LogP contribution is -2.46. The summed E-state index contributed by atoms with van der Waals surface area (Å²) in [7, 11) is 3.48. The van der Waals surface area contributed by atoms with Crippen LogP contribution in [0.4, 0.5) is 0 Å². The Kier molecular flexibility index (Phi) is 10.3. The van der Waals surface area contributed by atoms with Gasteiger partial charge in [0, 0.05) is 31.7 Å². The van der Waals surface area contributed by atoms with E-state index in [1.807, 2.05) is 14.0 Å². The highest BCUT2D eigenvalue weighted by Crippen LogP contribution is 2.30. The quantitative estimate of drug-likeness (QED) is 0.661. The van der Waals surface area contributed by atoms with Crippen molar-refractivity contribution in [2.24, 2.45) is 18.7 Å². The Bertz CT molecular complexity index is 850. The van der Waals surface area contributed by atoms with Gasteiger partial charge in [0.25, 0.3) is 0 Å². The van der Waals surface area contributed by atoms with E-state index in [4.69, 9.17) is 15.5 Å². The molecule has 1 amide bonds. The van der Waals surface area contributed by atoms with Crippen LogP contribution in [0.5, 0.6) is 5.88 Å². The van der Waals surface area contributed by atoms with Crippen molar-refractivity contribution in [3.8, 4) is 5.88 Å². The van der Waals surface area contributed by atoms with Crippen LogP contribution >= 0.6 is 24.8 Å². The van der Waals surface area contributed by atoms with Gasteiger partial charge in [-0.1, -0.05) is 19.3 Å². The van der Waals surface area contributed by atoms with E-state index < -0.39 is 0 Å². The molecule has 2 aromatic rings. The Morgan fingerprint density at radius 3 is 2.53 bits per heavy atom. The molecule has 2 aromatic heterocycles. The second-order valence-electron chi connectivity index (χ2n) is 7.94. The van der Waals surface area contributed by atoms with Gasteiger partial charge in [-0.2, -0.15) is 0 Å². The number of aryl methyl sites for hydroxylation is 3. The van der Waals surface area contributed by atoms with Crippen LogP contribution in [0, 0.1) is 19.8 Å². The predicted octanol–water partition coefficient (Wildman–Crippen LogP) is 3.39. The molecule has 1 fully saturated rings. The van der Waals surface area contributed by atoms with Gasteiger partial charge < -0.3 is 15.8 Å². The lowest BCUT2D eigenvalue weighted by atomic mass is 9.84. The lowest BCUT2D eigenvalue weighted by molar-refractivity contribution is -0.122. The number of methoxy groups -OCH3 is 1. The maximum absolute atomic E-state index is 12.6. The Hall–Kier alpha value is -1.57. The van der Waals surface area contributed by atoms with Crippen molar-refractivity contribution in [3.63, 3.8) is 0 Å². The van der Waals surface area contributed by atoms with Crippen molar-refractivity contribution in [2.75, 3.05) is 13.7 Å². The Balaban J connectivity index is 0.00000225. The van der Waals surface area contributed by atoms with Gasteiger partial charge in [-0.25, -0.2) is 9.67 Å². The molecule has 0 aromatic carbocycles. The third-order valence-corrected chi connectivity index (χ3v) is 6.14. The fourth-order valence-corrected chi connectivity index (χ4v) is 4.53. The maximum atomic E-state index is 12.6. The number of nitrogens with one attached hydrogen (secondary N) is 1. The van der Waals surface area contributed by atoms with E-state index in [0.29, 0.717) is 31.2 Å². The number of halogens is 2. The van der Waals surface area contributed by atoms with Gasteiger partial charge in [0.2, 0.25) is 11.8 Å². The summed E-state index contributed by atoms with van der Waals surface area (Å²) >= 11 is 0. The molecule has 1 unspecified atom stereocenters. The van der Waals surface area contributed by atoms with Crippen molar-refractivity contribution in [1.29, 1.82) is 0 Å². The number of hydrogen-bond donors (Lipinski definition) is 2. The average molecular weight is 460 g/mol. The van der Waals surface area contributed by atoms with Crippen molar-refractivity contribution in [2.45, 2.75) is 64.8 Å². The zero-order valence-corrected chi connectivity index (χ0v) is 20.0. The van der Waals surface area contributed by atoms with E-state index >= 15 is 0 Å². The van der Waals surface area contributed by atoms with Gasteiger partial charge in [0.15, 0.2) is 5.65 Å². The van der Waals surface area contributed by atoms with Crippen LogP contribution in [-0.4, -0.2) is 40.4 Å². The summed E-state index contributed by atoms with van der Waals surface area (Å²) in [5.41, 5.74) is 9.88. The summed E-state index contributed by atoms with van der Waals surface area (Å²) in [6.07, 6.45) is 7.20. The van der Waals surface area contributed by atoms with Gasteiger partial charge in [-0.15, -0.1) is 29.9 Å². The molecule has 3 rings (SSSR count). The fourth-order valence-electron chi connectivity index (χ4n) is 4.53. The smallest absolute Gasteiger partial charge is 0.242 e. The van der Waals surface area contributed by atoms with Crippen LogP contribution < -0.4 is 15.8 Å². The third kappa shape index (κ3) is 5.56. The molecule has 7 nitrogen and oxygen atoms in total. The van der Waals surface area contributed by atoms with Crippen molar-refractivity contribution >= 4 is 41.8 Å². The molecule has 9 heteroatoms. The van der Waals surface area contributed by atoms with Crippen molar-refractivity contribution in [3.05, 3.63) is 16.8 Å². The van der Waals surface area contributed by atoms with Gasteiger partial charge >= 0.3 is 0 Å². The molecule has 0 saturated heterocycles. The highest BCUT2D eigenvalue weighted by molar-refractivity contribution is 5.86.